The normalized spacial score (nSPS) is 15.6. The minimum Gasteiger partial charge on any atom is -0.465 e. The Labute approximate surface area is 147 Å². The fraction of sp³-hybridized carbons (Fsp3) is 0.375. The second kappa shape index (κ2) is 6.56. The van der Waals surface area contributed by atoms with Crippen LogP contribution in [-0.2, 0) is 26.6 Å². The SMILES string of the molecule is Cc1ccc(CN(C)S(=O)(=O)c2ccc(S(=O)(=O)NC3CC3)cc2)o1. The van der Waals surface area contributed by atoms with Crippen LogP contribution in [0.4, 0.5) is 0 Å². The van der Waals surface area contributed by atoms with E-state index in [1.165, 1.54) is 31.3 Å². The second-order valence-corrected chi connectivity index (χ2v) is 9.90. The van der Waals surface area contributed by atoms with Crippen molar-refractivity contribution in [3.8, 4) is 0 Å². The average Bonchev–Trinajstić information content (AvgIpc) is 3.26. The zero-order valence-electron chi connectivity index (χ0n) is 14.0. The molecule has 2 aromatic rings. The Morgan fingerprint density at radius 1 is 1.04 bits per heavy atom. The number of rotatable bonds is 7. The van der Waals surface area contributed by atoms with Crippen LogP contribution in [0.1, 0.15) is 24.4 Å². The van der Waals surface area contributed by atoms with Gasteiger partial charge in [0.1, 0.15) is 11.5 Å². The number of furan rings is 1. The van der Waals surface area contributed by atoms with Crippen molar-refractivity contribution in [2.45, 2.75) is 42.1 Å². The number of sulfonamides is 2. The van der Waals surface area contributed by atoms with E-state index in [1.54, 1.807) is 19.1 Å². The first-order valence-corrected chi connectivity index (χ1v) is 10.7. The van der Waals surface area contributed by atoms with Crippen LogP contribution in [0.15, 0.2) is 50.6 Å². The maximum Gasteiger partial charge on any atom is 0.243 e. The van der Waals surface area contributed by atoms with Crippen molar-refractivity contribution in [2.75, 3.05) is 7.05 Å². The quantitative estimate of drug-likeness (QED) is 0.786. The lowest BCUT2D eigenvalue weighted by atomic mass is 10.4. The highest BCUT2D eigenvalue weighted by Gasteiger charge is 2.28. The molecule has 3 rings (SSSR count). The summed E-state index contributed by atoms with van der Waals surface area (Å²) >= 11 is 0. The van der Waals surface area contributed by atoms with E-state index in [1.807, 2.05) is 0 Å². The van der Waals surface area contributed by atoms with Gasteiger partial charge >= 0.3 is 0 Å². The number of nitrogens with one attached hydrogen (secondary N) is 1. The highest BCUT2D eigenvalue weighted by atomic mass is 32.2. The molecule has 9 heteroatoms. The number of nitrogens with zero attached hydrogens (tertiary/aromatic N) is 1. The lowest BCUT2D eigenvalue weighted by molar-refractivity contribution is 0.397. The number of hydrogen-bond acceptors (Lipinski definition) is 5. The Kier molecular flexibility index (Phi) is 4.76. The molecule has 1 saturated carbocycles. The Bertz CT molecular complexity index is 958. The standard InChI is InChI=1S/C16H20N2O5S2/c1-12-3-6-14(23-12)11-18(2)25(21,22)16-9-7-15(8-10-16)24(19,20)17-13-4-5-13/h3,6-10,13,17H,4-5,11H2,1-2H3. The van der Waals surface area contributed by atoms with E-state index in [-0.39, 0.29) is 22.4 Å². The van der Waals surface area contributed by atoms with Crippen LogP contribution in [0.5, 0.6) is 0 Å². The van der Waals surface area contributed by atoms with Gasteiger partial charge in [-0.2, -0.15) is 4.31 Å². The highest BCUT2D eigenvalue weighted by Crippen LogP contribution is 2.24. The second-order valence-electron chi connectivity index (χ2n) is 6.14. The van der Waals surface area contributed by atoms with Gasteiger partial charge in [0.05, 0.1) is 16.3 Å². The molecule has 0 spiro atoms. The molecule has 1 aromatic heterocycles. The third kappa shape index (κ3) is 4.12. The van der Waals surface area contributed by atoms with Crippen molar-refractivity contribution in [1.29, 1.82) is 0 Å². The molecule has 1 aliphatic rings. The van der Waals surface area contributed by atoms with E-state index in [2.05, 4.69) is 4.72 Å². The Balaban J connectivity index is 1.77. The van der Waals surface area contributed by atoms with Gasteiger partial charge in [-0.25, -0.2) is 21.6 Å². The average molecular weight is 384 g/mol. The van der Waals surface area contributed by atoms with E-state index in [4.69, 9.17) is 4.42 Å². The number of aryl methyl sites for hydroxylation is 1. The molecule has 1 fully saturated rings. The summed E-state index contributed by atoms with van der Waals surface area (Å²) in [6.07, 6.45) is 1.67. The molecule has 0 amide bonds. The van der Waals surface area contributed by atoms with E-state index in [0.29, 0.717) is 11.5 Å². The van der Waals surface area contributed by atoms with Crippen molar-refractivity contribution < 1.29 is 21.3 Å². The number of benzene rings is 1. The van der Waals surface area contributed by atoms with Crippen LogP contribution in [0, 0.1) is 6.92 Å². The van der Waals surface area contributed by atoms with Crippen molar-refractivity contribution in [3.05, 3.63) is 47.9 Å². The fourth-order valence-corrected chi connectivity index (χ4v) is 4.78. The van der Waals surface area contributed by atoms with Crippen molar-refractivity contribution in [1.82, 2.24) is 9.03 Å². The number of hydrogen-bond donors (Lipinski definition) is 1. The minimum atomic E-state index is -3.74. The molecule has 136 valence electrons. The van der Waals surface area contributed by atoms with Crippen molar-refractivity contribution in [3.63, 3.8) is 0 Å². The largest absolute Gasteiger partial charge is 0.465 e. The summed E-state index contributed by atoms with van der Waals surface area (Å²) in [4.78, 5) is 0.0892. The first kappa shape index (κ1) is 18.1. The van der Waals surface area contributed by atoms with Crippen LogP contribution in [0.3, 0.4) is 0 Å². The molecule has 0 saturated heterocycles. The molecule has 7 nitrogen and oxygen atoms in total. The molecule has 0 unspecified atom stereocenters. The topological polar surface area (TPSA) is 96.7 Å². The summed E-state index contributed by atoms with van der Waals surface area (Å²) in [6, 6.07) is 8.71. The molecule has 1 heterocycles. The molecule has 0 radical (unpaired) electrons. The van der Waals surface area contributed by atoms with E-state index >= 15 is 0 Å². The predicted molar refractivity (Wildman–Crippen MR) is 91.9 cm³/mol. The van der Waals surface area contributed by atoms with Gasteiger partial charge in [0, 0.05) is 13.1 Å². The molecule has 0 atom stereocenters. The molecule has 0 bridgehead atoms. The summed E-state index contributed by atoms with van der Waals surface area (Å²) in [6.45, 7) is 1.88. The Morgan fingerprint density at radius 3 is 2.16 bits per heavy atom. The van der Waals surface area contributed by atoms with Gasteiger partial charge in [-0.3, -0.25) is 0 Å². The van der Waals surface area contributed by atoms with Gasteiger partial charge in [-0.15, -0.1) is 0 Å². The van der Waals surface area contributed by atoms with Crippen LogP contribution >= 0.6 is 0 Å². The monoisotopic (exact) mass is 384 g/mol. The fourth-order valence-electron chi connectivity index (χ4n) is 2.33. The van der Waals surface area contributed by atoms with Gasteiger partial charge in [-0.05, 0) is 56.2 Å². The molecule has 25 heavy (non-hydrogen) atoms. The molecule has 1 aromatic carbocycles. The first-order chi connectivity index (χ1) is 11.7. The zero-order valence-corrected chi connectivity index (χ0v) is 15.6. The van der Waals surface area contributed by atoms with Crippen LogP contribution < -0.4 is 4.72 Å². The summed E-state index contributed by atoms with van der Waals surface area (Å²) in [5.74, 6) is 1.25. The van der Waals surface area contributed by atoms with E-state index in [9.17, 15) is 16.8 Å². The smallest absolute Gasteiger partial charge is 0.243 e. The van der Waals surface area contributed by atoms with Crippen LogP contribution in [-0.4, -0.2) is 34.2 Å². The third-order valence-corrected chi connectivity index (χ3v) is 7.27. The Hall–Kier alpha value is -1.68. The summed E-state index contributed by atoms with van der Waals surface area (Å²) < 4.78 is 58.6. The van der Waals surface area contributed by atoms with Gasteiger partial charge in [0.15, 0.2) is 0 Å². The summed E-state index contributed by atoms with van der Waals surface area (Å²) in [5, 5.41) is 0. The van der Waals surface area contributed by atoms with Gasteiger partial charge in [0.25, 0.3) is 0 Å². The lowest BCUT2D eigenvalue weighted by Gasteiger charge is -2.16. The molecule has 1 aliphatic carbocycles. The zero-order chi connectivity index (χ0) is 18.2. The highest BCUT2D eigenvalue weighted by molar-refractivity contribution is 7.89. The maximum absolute atomic E-state index is 12.6. The van der Waals surface area contributed by atoms with Gasteiger partial charge in [-0.1, -0.05) is 0 Å². The predicted octanol–water partition coefficient (Wildman–Crippen LogP) is 1.85. The molecular formula is C16H20N2O5S2. The molecule has 1 N–H and O–H groups in total. The van der Waals surface area contributed by atoms with Gasteiger partial charge in [0.2, 0.25) is 20.0 Å². The van der Waals surface area contributed by atoms with Crippen molar-refractivity contribution in [2.24, 2.45) is 0 Å². The summed E-state index contributed by atoms with van der Waals surface area (Å²) in [5.41, 5.74) is 0. The van der Waals surface area contributed by atoms with Crippen molar-refractivity contribution >= 4 is 20.0 Å². The minimum absolute atomic E-state index is 0.00343. The maximum atomic E-state index is 12.6. The first-order valence-electron chi connectivity index (χ1n) is 7.82. The van der Waals surface area contributed by atoms with Crippen LogP contribution in [0.2, 0.25) is 0 Å². The summed E-state index contributed by atoms with van der Waals surface area (Å²) in [7, 11) is -5.89. The Morgan fingerprint density at radius 2 is 1.64 bits per heavy atom. The molecular weight excluding hydrogens is 364 g/mol. The molecule has 0 aliphatic heterocycles. The van der Waals surface area contributed by atoms with Gasteiger partial charge < -0.3 is 4.42 Å². The van der Waals surface area contributed by atoms with E-state index in [0.717, 1.165) is 17.1 Å². The van der Waals surface area contributed by atoms with E-state index < -0.39 is 20.0 Å². The third-order valence-electron chi connectivity index (χ3n) is 3.92. The lowest BCUT2D eigenvalue weighted by Crippen LogP contribution is -2.27. The van der Waals surface area contributed by atoms with Crippen LogP contribution in [0.25, 0.3) is 0 Å².